The first-order valence-corrected chi connectivity index (χ1v) is 7.99. The zero-order valence-electron chi connectivity index (χ0n) is 11.1. The average Bonchev–Trinajstić information content (AvgIpc) is 3.07. The molecule has 0 aliphatic rings. The Kier molecular flexibility index (Phi) is 5.26. The standard InChI is InChI=1S/C15H15NO2S2/c1-11(17)14-4-3-13(20-14)6-8-16-15(18)5-2-12-7-9-19-10-12/h2-5,7,9-10H,6,8H2,1H3,(H,16,18). The number of thiophene rings is 2. The van der Waals surface area contributed by atoms with E-state index in [0.717, 1.165) is 21.7 Å². The third kappa shape index (κ3) is 4.43. The van der Waals surface area contributed by atoms with Crippen molar-refractivity contribution in [3.05, 3.63) is 50.4 Å². The Morgan fingerprint density at radius 1 is 1.30 bits per heavy atom. The van der Waals surface area contributed by atoms with Gasteiger partial charge in [-0.25, -0.2) is 0 Å². The summed E-state index contributed by atoms with van der Waals surface area (Å²) < 4.78 is 0. The highest BCUT2D eigenvalue weighted by Crippen LogP contribution is 2.17. The molecule has 2 rings (SSSR count). The molecule has 0 aromatic carbocycles. The maximum absolute atomic E-state index is 11.6. The van der Waals surface area contributed by atoms with Crippen LogP contribution in [0.1, 0.15) is 27.0 Å². The van der Waals surface area contributed by atoms with Crippen molar-refractivity contribution < 1.29 is 9.59 Å². The zero-order chi connectivity index (χ0) is 14.4. The van der Waals surface area contributed by atoms with Crippen molar-refractivity contribution in [2.45, 2.75) is 13.3 Å². The monoisotopic (exact) mass is 305 g/mol. The predicted molar refractivity (Wildman–Crippen MR) is 84.4 cm³/mol. The minimum atomic E-state index is -0.0976. The Morgan fingerprint density at radius 3 is 2.80 bits per heavy atom. The largest absolute Gasteiger partial charge is 0.352 e. The summed E-state index contributed by atoms with van der Waals surface area (Å²) in [6.45, 7) is 2.14. The molecule has 0 saturated heterocycles. The van der Waals surface area contributed by atoms with Gasteiger partial charge in [-0.3, -0.25) is 9.59 Å². The summed E-state index contributed by atoms with van der Waals surface area (Å²) in [5.74, 6) is -0.0106. The van der Waals surface area contributed by atoms with Crippen LogP contribution in [0.2, 0.25) is 0 Å². The smallest absolute Gasteiger partial charge is 0.244 e. The Balaban J connectivity index is 1.75. The average molecular weight is 305 g/mol. The van der Waals surface area contributed by atoms with E-state index in [1.54, 1.807) is 24.3 Å². The third-order valence-electron chi connectivity index (χ3n) is 2.65. The number of Topliss-reactive ketones (excluding diaryl/α,β-unsaturated/α-hetero) is 1. The molecular weight excluding hydrogens is 290 g/mol. The minimum absolute atomic E-state index is 0.0870. The van der Waals surface area contributed by atoms with Gasteiger partial charge in [-0.2, -0.15) is 11.3 Å². The second-order valence-electron chi connectivity index (χ2n) is 4.25. The van der Waals surface area contributed by atoms with Gasteiger partial charge in [0.15, 0.2) is 5.78 Å². The summed E-state index contributed by atoms with van der Waals surface area (Å²) in [6.07, 6.45) is 4.08. The molecule has 104 valence electrons. The van der Waals surface area contributed by atoms with Crippen LogP contribution in [-0.4, -0.2) is 18.2 Å². The number of amides is 1. The molecule has 2 aromatic rings. The van der Waals surface area contributed by atoms with Crippen molar-refractivity contribution in [3.8, 4) is 0 Å². The van der Waals surface area contributed by atoms with Gasteiger partial charge in [-0.05, 0) is 53.9 Å². The Morgan fingerprint density at radius 2 is 2.15 bits per heavy atom. The van der Waals surface area contributed by atoms with Gasteiger partial charge in [-0.15, -0.1) is 11.3 Å². The van der Waals surface area contributed by atoms with Gasteiger partial charge in [0.25, 0.3) is 0 Å². The Bertz CT molecular complexity index is 612. The molecule has 0 fully saturated rings. The van der Waals surface area contributed by atoms with E-state index in [9.17, 15) is 9.59 Å². The molecule has 0 aliphatic heterocycles. The van der Waals surface area contributed by atoms with E-state index in [4.69, 9.17) is 0 Å². The van der Waals surface area contributed by atoms with Crippen LogP contribution in [0.25, 0.3) is 6.08 Å². The number of carbonyl (C=O) groups is 2. The molecule has 0 saturated carbocycles. The molecule has 3 nitrogen and oxygen atoms in total. The fourth-order valence-electron chi connectivity index (χ4n) is 1.61. The lowest BCUT2D eigenvalue weighted by Gasteiger charge is -1.99. The number of rotatable bonds is 6. The lowest BCUT2D eigenvalue weighted by molar-refractivity contribution is -0.116. The number of hydrogen-bond donors (Lipinski definition) is 1. The summed E-state index contributed by atoms with van der Waals surface area (Å²) in [7, 11) is 0. The predicted octanol–water partition coefficient (Wildman–Crippen LogP) is 3.38. The summed E-state index contributed by atoms with van der Waals surface area (Å²) in [6, 6.07) is 5.73. The molecule has 2 aromatic heterocycles. The lowest BCUT2D eigenvalue weighted by Crippen LogP contribution is -2.23. The van der Waals surface area contributed by atoms with Crippen LogP contribution >= 0.6 is 22.7 Å². The quantitative estimate of drug-likeness (QED) is 0.657. The van der Waals surface area contributed by atoms with Crippen molar-refractivity contribution in [3.63, 3.8) is 0 Å². The maximum atomic E-state index is 11.6. The number of carbonyl (C=O) groups excluding carboxylic acids is 2. The van der Waals surface area contributed by atoms with E-state index in [1.165, 1.54) is 17.4 Å². The second-order valence-corrected chi connectivity index (χ2v) is 6.20. The van der Waals surface area contributed by atoms with E-state index < -0.39 is 0 Å². The SMILES string of the molecule is CC(=O)c1ccc(CCNC(=O)C=Cc2ccsc2)s1. The fourth-order valence-corrected chi connectivity index (χ4v) is 3.14. The van der Waals surface area contributed by atoms with Crippen LogP contribution in [0, 0.1) is 0 Å². The van der Waals surface area contributed by atoms with E-state index in [-0.39, 0.29) is 11.7 Å². The van der Waals surface area contributed by atoms with E-state index >= 15 is 0 Å². The highest BCUT2D eigenvalue weighted by atomic mass is 32.1. The number of hydrogen-bond acceptors (Lipinski definition) is 4. The van der Waals surface area contributed by atoms with E-state index in [2.05, 4.69) is 5.32 Å². The number of ketones is 1. The van der Waals surface area contributed by atoms with Gasteiger partial charge in [0.1, 0.15) is 0 Å². The van der Waals surface area contributed by atoms with Crippen LogP contribution < -0.4 is 5.32 Å². The highest BCUT2D eigenvalue weighted by molar-refractivity contribution is 7.14. The first-order valence-electron chi connectivity index (χ1n) is 6.23. The first kappa shape index (κ1) is 14.7. The fraction of sp³-hybridized carbons (Fsp3) is 0.200. The van der Waals surface area contributed by atoms with Crippen molar-refractivity contribution in [2.75, 3.05) is 6.54 Å². The zero-order valence-corrected chi connectivity index (χ0v) is 12.7. The van der Waals surface area contributed by atoms with E-state index in [1.807, 2.05) is 29.0 Å². The van der Waals surface area contributed by atoms with Crippen molar-refractivity contribution in [1.29, 1.82) is 0 Å². The van der Waals surface area contributed by atoms with Crippen LogP contribution in [-0.2, 0) is 11.2 Å². The third-order valence-corrected chi connectivity index (χ3v) is 4.60. The molecule has 0 unspecified atom stereocenters. The van der Waals surface area contributed by atoms with Gasteiger partial charge in [0.2, 0.25) is 5.91 Å². The maximum Gasteiger partial charge on any atom is 0.244 e. The summed E-state index contributed by atoms with van der Waals surface area (Å²) >= 11 is 3.09. The molecule has 0 radical (unpaired) electrons. The lowest BCUT2D eigenvalue weighted by atomic mass is 10.3. The van der Waals surface area contributed by atoms with Gasteiger partial charge in [0.05, 0.1) is 4.88 Å². The summed E-state index contributed by atoms with van der Waals surface area (Å²) in [4.78, 5) is 24.6. The van der Waals surface area contributed by atoms with Gasteiger partial charge < -0.3 is 5.32 Å². The Hall–Kier alpha value is -1.72. The molecule has 5 heteroatoms. The number of nitrogens with one attached hydrogen (secondary N) is 1. The first-order chi connectivity index (χ1) is 9.65. The second kappa shape index (κ2) is 7.17. The van der Waals surface area contributed by atoms with Crippen LogP contribution in [0.5, 0.6) is 0 Å². The molecule has 2 heterocycles. The normalized spacial score (nSPS) is 10.8. The van der Waals surface area contributed by atoms with Crippen molar-refractivity contribution >= 4 is 40.4 Å². The molecule has 0 atom stereocenters. The minimum Gasteiger partial charge on any atom is -0.352 e. The molecule has 0 aliphatic carbocycles. The molecule has 0 spiro atoms. The van der Waals surface area contributed by atoms with Gasteiger partial charge >= 0.3 is 0 Å². The summed E-state index contributed by atoms with van der Waals surface area (Å²) in [5.41, 5.74) is 1.04. The molecule has 20 heavy (non-hydrogen) atoms. The van der Waals surface area contributed by atoms with E-state index in [0.29, 0.717) is 6.54 Å². The molecule has 0 bridgehead atoms. The highest BCUT2D eigenvalue weighted by Gasteiger charge is 2.04. The van der Waals surface area contributed by atoms with Crippen LogP contribution in [0.4, 0.5) is 0 Å². The van der Waals surface area contributed by atoms with Crippen molar-refractivity contribution in [2.24, 2.45) is 0 Å². The Labute approximate surface area is 126 Å². The van der Waals surface area contributed by atoms with Gasteiger partial charge in [-0.1, -0.05) is 0 Å². The van der Waals surface area contributed by atoms with Crippen LogP contribution in [0.3, 0.4) is 0 Å². The van der Waals surface area contributed by atoms with Gasteiger partial charge in [0, 0.05) is 17.5 Å². The topological polar surface area (TPSA) is 46.2 Å². The molecule has 1 N–H and O–H groups in total. The summed E-state index contributed by atoms with van der Waals surface area (Å²) in [5, 5.41) is 6.79. The van der Waals surface area contributed by atoms with Crippen LogP contribution in [0.15, 0.2) is 35.0 Å². The molecule has 1 amide bonds. The van der Waals surface area contributed by atoms with Crippen molar-refractivity contribution in [1.82, 2.24) is 5.32 Å². The molecular formula is C15H15NO2S2.